The summed E-state index contributed by atoms with van der Waals surface area (Å²) in [7, 11) is 3.72. The molecular weight excluding hydrogens is 434 g/mol. The molecule has 2 aliphatic carbocycles. The third-order valence-electron chi connectivity index (χ3n) is 6.43. The number of ether oxygens (including phenoxy) is 1. The van der Waals surface area contributed by atoms with Crippen LogP contribution in [-0.4, -0.2) is 79.3 Å². The third-order valence-corrected chi connectivity index (χ3v) is 6.43. The molecule has 0 spiro atoms. The van der Waals surface area contributed by atoms with Crippen molar-refractivity contribution in [1.82, 2.24) is 15.1 Å². The molecule has 2 aliphatic rings. The van der Waals surface area contributed by atoms with Crippen molar-refractivity contribution in [3.8, 4) is 11.1 Å². The number of nitrogens with one attached hydrogen (secondary N) is 1. The first kappa shape index (κ1) is 23.8. The van der Waals surface area contributed by atoms with Crippen LogP contribution in [-0.2, 0) is 14.3 Å². The molecule has 34 heavy (non-hydrogen) atoms. The topological polar surface area (TPSA) is 99.2 Å². The van der Waals surface area contributed by atoms with E-state index in [0.29, 0.717) is 6.54 Å². The number of carboxylic acids is 1. The maximum atomic E-state index is 13.2. The van der Waals surface area contributed by atoms with Crippen LogP contribution in [0.1, 0.15) is 29.9 Å². The highest BCUT2D eigenvalue weighted by Crippen LogP contribution is 2.44. The molecule has 1 atom stereocenters. The standard InChI is InChI=1S/C26H31N3O5/c1-28(2)13-14-29(15-23(30)31)25(32)24(17-11-12-17)27-26(33)34-16-22-20-9-5-3-7-18(20)19-8-4-6-10-21(19)22/h3-10,17,22,24H,11-16H2,1-2H3,(H,27,33)(H,30,31). The summed E-state index contributed by atoms with van der Waals surface area (Å²) in [5, 5.41) is 12.0. The zero-order chi connectivity index (χ0) is 24.2. The Morgan fingerprint density at radius 3 is 2.12 bits per heavy atom. The lowest BCUT2D eigenvalue weighted by molar-refractivity contribution is -0.145. The van der Waals surface area contributed by atoms with Crippen LogP contribution in [0, 0.1) is 5.92 Å². The van der Waals surface area contributed by atoms with Crippen molar-refractivity contribution >= 4 is 18.0 Å². The van der Waals surface area contributed by atoms with Gasteiger partial charge in [-0.1, -0.05) is 48.5 Å². The summed E-state index contributed by atoms with van der Waals surface area (Å²) in [5.41, 5.74) is 4.51. The molecule has 4 rings (SSSR count). The number of aliphatic carboxylic acids is 1. The van der Waals surface area contributed by atoms with Crippen molar-refractivity contribution in [3.63, 3.8) is 0 Å². The molecule has 0 saturated heterocycles. The highest BCUT2D eigenvalue weighted by Gasteiger charge is 2.40. The number of carbonyl (C=O) groups is 3. The van der Waals surface area contributed by atoms with E-state index in [4.69, 9.17) is 4.74 Å². The van der Waals surface area contributed by atoms with Gasteiger partial charge < -0.3 is 25.0 Å². The third kappa shape index (κ3) is 5.39. The number of fused-ring (bicyclic) bond motifs is 3. The Hall–Kier alpha value is -3.39. The van der Waals surface area contributed by atoms with Crippen LogP contribution in [0.2, 0.25) is 0 Å². The first-order chi connectivity index (χ1) is 16.3. The van der Waals surface area contributed by atoms with E-state index in [2.05, 4.69) is 17.4 Å². The molecule has 0 aliphatic heterocycles. The molecule has 2 aromatic rings. The lowest BCUT2D eigenvalue weighted by atomic mass is 9.98. The van der Waals surface area contributed by atoms with Gasteiger partial charge >= 0.3 is 12.1 Å². The number of nitrogens with zero attached hydrogens (tertiary/aromatic N) is 2. The Kier molecular flexibility index (Phi) is 7.17. The van der Waals surface area contributed by atoms with Gasteiger partial charge in [-0.05, 0) is 55.1 Å². The second-order valence-corrected chi connectivity index (χ2v) is 9.24. The van der Waals surface area contributed by atoms with Gasteiger partial charge in [-0.15, -0.1) is 0 Å². The van der Waals surface area contributed by atoms with E-state index in [-0.39, 0.29) is 30.9 Å². The molecule has 0 heterocycles. The summed E-state index contributed by atoms with van der Waals surface area (Å²) in [5.74, 6) is -1.52. The average Bonchev–Trinajstić information content (AvgIpc) is 3.60. The first-order valence-corrected chi connectivity index (χ1v) is 11.6. The fraction of sp³-hybridized carbons (Fsp3) is 0.423. The SMILES string of the molecule is CN(C)CCN(CC(=O)O)C(=O)C(NC(=O)OCC1c2ccccc2-c2ccccc21)C1CC1. The molecule has 1 unspecified atom stereocenters. The maximum Gasteiger partial charge on any atom is 0.407 e. The van der Waals surface area contributed by atoms with Gasteiger partial charge in [-0.2, -0.15) is 0 Å². The Labute approximate surface area is 199 Å². The maximum absolute atomic E-state index is 13.2. The van der Waals surface area contributed by atoms with Crippen molar-refractivity contribution in [2.24, 2.45) is 5.92 Å². The van der Waals surface area contributed by atoms with Crippen molar-refractivity contribution in [2.45, 2.75) is 24.8 Å². The molecule has 2 N–H and O–H groups in total. The summed E-state index contributed by atoms with van der Waals surface area (Å²) in [6.45, 7) is 0.558. The highest BCUT2D eigenvalue weighted by atomic mass is 16.5. The van der Waals surface area contributed by atoms with E-state index in [1.54, 1.807) is 0 Å². The zero-order valence-corrected chi connectivity index (χ0v) is 19.6. The minimum atomic E-state index is -1.08. The summed E-state index contributed by atoms with van der Waals surface area (Å²) < 4.78 is 5.61. The number of amides is 2. The quantitative estimate of drug-likeness (QED) is 0.560. The fourth-order valence-corrected chi connectivity index (χ4v) is 4.53. The van der Waals surface area contributed by atoms with Gasteiger partial charge in [0.2, 0.25) is 5.91 Å². The van der Waals surface area contributed by atoms with Crippen molar-refractivity contribution in [2.75, 3.05) is 40.3 Å². The molecule has 0 bridgehead atoms. The van der Waals surface area contributed by atoms with Crippen LogP contribution in [0.25, 0.3) is 11.1 Å². The normalized spacial score (nSPS) is 15.4. The molecule has 0 radical (unpaired) electrons. The smallest absolute Gasteiger partial charge is 0.407 e. The molecule has 2 aromatic carbocycles. The molecule has 1 saturated carbocycles. The van der Waals surface area contributed by atoms with Crippen molar-refractivity contribution in [3.05, 3.63) is 59.7 Å². The van der Waals surface area contributed by atoms with Gasteiger partial charge in [-0.25, -0.2) is 4.79 Å². The average molecular weight is 466 g/mol. The Morgan fingerprint density at radius 2 is 1.59 bits per heavy atom. The van der Waals surface area contributed by atoms with Crippen LogP contribution in [0.5, 0.6) is 0 Å². The Balaban J connectivity index is 1.42. The minimum absolute atomic E-state index is 0.00336. The second kappa shape index (κ2) is 10.3. The number of likely N-dealkylation sites (N-methyl/N-ethyl adjacent to an activating group) is 1. The Bertz CT molecular complexity index is 1020. The van der Waals surface area contributed by atoms with E-state index < -0.39 is 24.6 Å². The van der Waals surface area contributed by atoms with Gasteiger partial charge in [0.05, 0.1) is 0 Å². The van der Waals surface area contributed by atoms with Crippen LogP contribution in [0.15, 0.2) is 48.5 Å². The van der Waals surface area contributed by atoms with Crippen molar-refractivity contribution in [1.29, 1.82) is 0 Å². The van der Waals surface area contributed by atoms with Crippen LogP contribution < -0.4 is 5.32 Å². The number of benzene rings is 2. The highest BCUT2D eigenvalue weighted by molar-refractivity contribution is 5.88. The van der Waals surface area contributed by atoms with Gasteiger partial charge in [0.1, 0.15) is 19.2 Å². The lowest BCUT2D eigenvalue weighted by Gasteiger charge is -2.27. The van der Waals surface area contributed by atoms with Gasteiger partial charge in [0.25, 0.3) is 0 Å². The number of hydrogen-bond donors (Lipinski definition) is 2. The molecule has 8 nitrogen and oxygen atoms in total. The monoisotopic (exact) mass is 465 g/mol. The molecule has 0 aromatic heterocycles. The molecule has 180 valence electrons. The number of hydrogen-bond acceptors (Lipinski definition) is 5. The molecule has 2 amide bonds. The van der Waals surface area contributed by atoms with Gasteiger partial charge in [0.15, 0.2) is 0 Å². The Morgan fingerprint density at radius 1 is 1.00 bits per heavy atom. The number of carboxylic acid groups (broad SMARTS) is 1. The lowest BCUT2D eigenvalue weighted by Crippen LogP contribution is -2.52. The van der Waals surface area contributed by atoms with Crippen LogP contribution in [0.3, 0.4) is 0 Å². The fourth-order valence-electron chi connectivity index (χ4n) is 4.53. The van der Waals surface area contributed by atoms with Gasteiger partial charge in [0, 0.05) is 19.0 Å². The zero-order valence-electron chi connectivity index (χ0n) is 19.6. The molecule has 8 heteroatoms. The van der Waals surface area contributed by atoms with E-state index in [9.17, 15) is 19.5 Å². The minimum Gasteiger partial charge on any atom is -0.480 e. The van der Waals surface area contributed by atoms with E-state index >= 15 is 0 Å². The number of rotatable bonds is 10. The van der Waals surface area contributed by atoms with Crippen LogP contribution in [0.4, 0.5) is 4.79 Å². The second-order valence-electron chi connectivity index (χ2n) is 9.24. The van der Waals surface area contributed by atoms with Crippen molar-refractivity contribution < 1.29 is 24.2 Å². The molecule has 1 fully saturated rings. The summed E-state index contributed by atoms with van der Waals surface area (Å²) in [4.78, 5) is 40.4. The van der Waals surface area contributed by atoms with E-state index in [1.807, 2.05) is 55.4 Å². The predicted octanol–water partition coefficient (Wildman–Crippen LogP) is 2.78. The van der Waals surface area contributed by atoms with E-state index in [1.165, 1.54) is 4.90 Å². The van der Waals surface area contributed by atoms with Gasteiger partial charge in [-0.3, -0.25) is 9.59 Å². The summed E-state index contributed by atoms with van der Waals surface area (Å²) in [6.07, 6.45) is 0.971. The summed E-state index contributed by atoms with van der Waals surface area (Å²) in [6, 6.07) is 15.4. The van der Waals surface area contributed by atoms with Crippen LogP contribution >= 0.6 is 0 Å². The first-order valence-electron chi connectivity index (χ1n) is 11.6. The number of alkyl carbamates (subject to hydrolysis) is 1. The largest absolute Gasteiger partial charge is 0.480 e. The predicted molar refractivity (Wildman–Crippen MR) is 127 cm³/mol. The van der Waals surface area contributed by atoms with E-state index in [0.717, 1.165) is 35.1 Å². The summed E-state index contributed by atoms with van der Waals surface area (Å²) >= 11 is 0. The molecular formula is C26H31N3O5. The number of carbonyl (C=O) groups excluding carboxylic acids is 2.